The third kappa shape index (κ3) is 5.29. The molecule has 0 bridgehead atoms. The van der Waals surface area contributed by atoms with Gasteiger partial charge in [-0.15, -0.1) is 0 Å². The number of hydrogen-bond donors (Lipinski definition) is 0. The minimum atomic E-state index is 0.0627. The van der Waals surface area contributed by atoms with Crippen molar-refractivity contribution in [3.05, 3.63) is 35.4 Å². The average molecular weight is 427 g/mol. The van der Waals surface area contributed by atoms with Crippen LogP contribution in [0.2, 0.25) is 0 Å². The maximum absolute atomic E-state index is 12.9. The van der Waals surface area contributed by atoms with Crippen molar-refractivity contribution in [2.45, 2.75) is 51.6 Å². The topological polar surface area (TPSA) is 47.1 Å². The van der Waals surface area contributed by atoms with E-state index in [1.165, 1.54) is 51.9 Å². The maximum atomic E-state index is 12.9. The summed E-state index contributed by atoms with van der Waals surface area (Å²) in [5.41, 5.74) is 1.86. The summed E-state index contributed by atoms with van der Waals surface area (Å²) in [6.07, 6.45) is 5.38. The highest BCUT2D eigenvalue weighted by molar-refractivity contribution is 5.98. The predicted octanol–water partition coefficient (Wildman–Crippen LogP) is 2.69. The third-order valence-electron chi connectivity index (χ3n) is 7.56. The molecule has 3 aliphatic heterocycles. The lowest BCUT2D eigenvalue weighted by Gasteiger charge is -2.41. The predicted molar refractivity (Wildman–Crippen MR) is 123 cm³/mol. The lowest BCUT2D eigenvalue weighted by molar-refractivity contribution is -0.132. The minimum Gasteiger partial charge on any atom is -0.343 e. The molecule has 0 radical (unpaired) electrons. The Morgan fingerprint density at radius 2 is 1.77 bits per heavy atom. The number of fused-ring (bicyclic) bond motifs is 1. The van der Waals surface area contributed by atoms with E-state index in [2.05, 4.69) is 23.8 Å². The van der Waals surface area contributed by atoms with Crippen molar-refractivity contribution in [3.8, 4) is 0 Å². The molecule has 4 rings (SSSR count). The van der Waals surface area contributed by atoms with Crippen LogP contribution in [0.15, 0.2) is 24.3 Å². The molecule has 6 heteroatoms. The Morgan fingerprint density at radius 3 is 2.45 bits per heavy atom. The van der Waals surface area contributed by atoms with Gasteiger partial charge in [-0.2, -0.15) is 0 Å². The van der Waals surface area contributed by atoms with Crippen LogP contribution in [0, 0.1) is 5.92 Å². The molecular weight excluding hydrogens is 388 g/mol. The first-order chi connectivity index (χ1) is 15.0. The second kappa shape index (κ2) is 10.1. The number of benzene rings is 1. The zero-order valence-corrected chi connectivity index (χ0v) is 19.3. The summed E-state index contributed by atoms with van der Waals surface area (Å²) in [4.78, 5) is 34.4. The van der Waals surface area contributed by atoms with Crippen molar-refractivity contribution in [1.29, 1.82) is 0 Å². The Hall–Kier alpha value is -1.92. The van der Waals surface area contributed by atoms with Crippen LogP contribution < -0.4 is 0 Å². The highest BCUT2D eigenvalue weighted by atomic mass is 16.2. The molecule has 170 valence electrons. The minimum absolute atomic E-state index is 0.0627. The Kier molecular flexibility index (Phi) is 7.28. The standard InChI is InChI=1S/C25H38N4O2/c1-3-27(18-20-8-15-28(16-9-20)22-10-13-26(2)14-11-22)24(30)12-17-29-19-21-6-4-5-7-23(21)25(29)31/h4-7,20,22H,3,8-19H2,1-2H3. The summed E-state index contributed by atoms with van der Waals surface area (Å²) in [5, 5.41) is 0. The second-order valence-electron chi connectivity index (χ2n) is 9.58. The fourth-order valence-corrected chi connectivity index (χ4v) is 5.46. The molecule has 1 aromatic rings. The number of hydrogen-bond acceptors (Lipinski definition) is 4. The Morgan fingerprint density at radius 1 is 1.06 bits per heavy atom. The number of carbonyl (C=O) groups is 2. The van der Waals surface area contributed by atoms with E-state index in [1.807, 2.05) is 34.1 Å². The summed E-state index contributed by atoms with van der Waals surface area (Å²) in [7, 11) is 2.22. The van der Waals surface area contributed by atoms with Gasteiger partial charge in [0, 0.05) is 44.2 Å². The highest BCUT2D eigenvalue weighted by Gasteiger charge is 2.30. The van der Waals surface area contributed by atoms with Crippen LogP contribution in [0.25, 0.3) is 0 Å². The molecule has 0 aromatic heterocycles. The maximum Gasteiger partial charge on any atom is 0.254 e. The molecule has 2 fully saturated rings. The highest BCUT2D eigenvalue weighted by Crippen LogP contribution is 2.25. The molecule has 0 unspecified atom stereocenters. The van der Waals surface area contributed by atoms with Gasteiger partial charge in [0.15, 0.2) is 0 Å². The van der Waals surface area contributed by atoms with Gasteiger partial charge < -0.3 is 19.6 Å². The monoisotopic (exact) mass is 426 g/mol. The van der Waals surface area contributed by atoms with Gasteiger partial charge in [-0.25, -0.2) is 0 Å². The van der Waals surface area contributed by atoms with Gasteiger partial charge in [-0.3, -0.25) is 9.59 Å². The van der Waals surface area contributed by atoms with Crippen molar-refractivity contribution in [2.75, 3.05) is 52.9 Å². The van der Waals surface area contributed by atoms with Crippen molar-refractivity contribution in [3.63, 3.8) is 0 Å². The van der Waals surface area contributed by atoms with Gasteiger partial charge in [0.05, 0.1) is 0 Å². The Bertz CT molecular complexity index is 767. The zero-order chi connectivity index (χ0) is 21.8. The number of likely N-dealkylation sites (tertiary alicyclic amines) is 2. The van der Waals surface area contributed by atoms with E-state index in [0.29, 0.717) is 25.4 Å². The van der Waals surface area contributed by atoms with Gasteiger partial charge in [-0.1, -0.05) is 18.2 Å². The SMILES string of the molecule is CCN(CC1CCN(C2CCN(C)CC2)CC1)C(=O)CCN1Cc2ccccc2C1=O. The van der Waals surface area contributed by atoms with Gasteiger partial charge in [0.25, 0.3) is 5.91 Å². The first kappa shape index (κ1) is 22.3. The first-order valence-electron chi connectivity index (χ1n) is 12.1. The van der Waals surface area contributed by atoms with Crippen LogP contribution in [0.5, 0.6) is 0 Å². The molecule has 0 saturated carbocycles. The molecule has 6 nitrogen and oxygen atoms in total. The molecule has 0 spiro atoms. The van der Waals surface area contributed by atoms with Crippen molar-refractivity contribution < 1.29 is 9.59 Å². The number of amides is 2. The summed E-state index contributed by atoms with van der Waals surface area (Å²) >= 11 is 0. The summed E-state index contributed by atoms with van der Waals surface area (Å²) in [5.74, 6) is 0.848. The van der Waals surface area contributed by atoms with Crippen LogP contribution in [0.3, 0.4) is 0 Å². The number of rotatable bonds is 7. The molecule has 0 N–H and O–H groups in total. The molecule has 0 atom stereocenters. The zero-order valence-electron chi connectivity index (χ0n) is 19.3. The normalized spacial score (nSPS) is 21.5. The van der Waals surface area contributed by atoms with Crippen molar-refractivity contribution in [1.82, 2.24) is 19.6 Å². The number of carbonyl (C=O) groups excluding carboxylic acids is 2. The molecule has 2 saturated heterocycles. The summed E-state index contributed by atoms with van der Waals surface area (Å²) in [6, 6.07) is 8.52. The van der Waals surface area contributed by atoms with Gasteiger partial charge >= 0.3 is 0 Å². The molecule has 0 aliphatic carbocycles. The number of piperidine rings is 2. The molecule has 1 aromatic carbocycles. The van der Waals surface area contributed by atoms with Crippen LogP contribution in [0.4, 0.5) is 0 Å². The van der Waals surface area contributed by atoms with Crippen LogP contribution >= 0.6 is 0 Å². The lowest BCUT2D eigenvalue weighted by Crippen LogP contribution is -2.48. The Balaban J connectivity index is 1.21. The molecule has 2 amide bonds. The molecule has 3 heterocycles. The van der Waals surface area contributed by atoms with Gasteiger partial charge in [0.2, 0.25) is 5.91 Å². The molecule has 3 aliphatic rings. The molecular formula is C25H38N4O2. The van der Waals surface area contributed by atoms with Crippen LogP contribution in [-0.2, 0) is 11.3 Å². The van der Waals surface area contributed by atoms with Crippen molar-refractivity contribution >= 4 is 11.8 Å². The Labute approximate surface area is 187 Å². The fourth-order valence-electron chi connectivity index (χ4n) is 5.46. The summed E-state index contributed by atoms with van der Waals surface area (Å²) < 4.78 is 0. The third-order valence-corrected chi connectivity index (χ3v) is 7.56. The van der Waals surface area contributed by atoms with E-state index >= 15 is 0 Å². The van der Waals surface area contributed by atoms with E-state index in [0.717, 1.165) is 30.3 Å². The van der Waals surface area contributed by atoms with E-state index in [1.54, 1.807) is 0 Å². The van der Waals surface area contributed by atoms with Crippen LogP contribution in [-0.4, -0.2) is 90.3 Å². The quantitative estimate of drug-likeness (QED) is 0.673. The van der Waals surface area contributed by atoms with Crippen LogP contribution in [0.1, 0.15) is 54.9 Å². The fraction of sp³-hybridized carbons (Fsp3) is 0.680. The van der Waals surface area contributed by atoms with E-state index in [4.69, 9.17) is 0 Å². The average Bonchev–Trinajstić information content (AvgIpc) is 3.12. The largest absolute Gasteiger partial charge is 0.343 e. The van der Waals surface area contributed by atoms with Gasteiger partial charge in [-0.05, 0) is 83.4 Å². The van der Waals surface area contributed by atoms with Crippen molar-refractivity contribution in [2.24, 2.45) is 5.92 Å². The second-order valence-corrected chi connectivity index (χ2v) is 9.58. The summed E-state index contributed by atoms with van der Waals surface area (Å²) in [6.45, 7) is 9.61. The lowest BCUT2D eigenvalue weighted by atomic mass is 9.93. The van der Waals surface area contributed by atoms with E-state index < -0.39 is 0 Å². The first-order valence-corrected chi connectivity index (χ1v) is 12.1. The number of nitrogens with zero attached hydrogens (tertiary/aromatic N) is 4. The molecule has 31 heavy (non-hydrogen) atoms. The van der Waals surface area contributed by atoms with E-state index in [9.17, 15) is 9.59 Å². The smallest absolute Gasteiger partial charge is 0.254 e. The van der Waals surface area contributed by atoms with Gasteiger partial charge in [0.1, 0.15) is 0 Å². The van der Waals surface area contributed by atoms with E-state index in [-0.39, 0.29) is 11.8 Å².